The number of ether oxygens (including phenoxy) is 5. The molecule has 35 heavy (non-hydrogen) atoms. The molecule has 0 aromatic heterocycles. The Labute approximate surface area is 204 Å². The molecule has 10 nitrogen and oxygen atoms in total. The maximum Gasteiger partial charge on any atom is 0.328 e. The van der Waals surface area contributed by atoms with Crippen molar-refractivity contribution in [3.63, 3.8) is 0 Å². The maximum absolute atomic E-state index is 12.8. The zero-order chi connectivity index (χ0) is 25.8. The van der Waals surface area contributed by atoms with Crippen molar-refractivity contribution in [3.05, 3.63) is 47.5 Å². The fourth-order valence-corrected chi connectivity index (χ4v) is 3.53. The summed E-state index contributed by atoms with van der Waals surface area (Å²) < 4.78 is 25.9. The summed E-state index contributed by atoms with van der Waals surface area (Å²) >= 11 is 0. The number of nitrogens with one attached hydrogen (secondary N) is 2. The minimum absolute atomic E-state index is 0.236. The Morgan fingerprint density at radius 2 is 1.29 bits per heavy atom. The molecular formula is C25H32N2O8. The van der Waals surface area contributed by atoms with E-state index >= 15 is 0 Å². The van der Waals surface area contributed by atoms with Crippen molar-refractivity contribution < 1.29 is 38.1 Å². The van der Waals surface area contributed by atoms with Crippen LogP contribution in [0.25, 0.3) is 0 Å². The van der Waals surface area contributed by atoms with E-state index in [0.29, 0.717) is 48.6 Å². The lowest BCUT2D eigenvalue weighted by Crippen LogP contribution is -2.41. The SMILES string of the molecule is COC(=O)[C@H](CCCCNC(=O)c1cccc(OC)c1OC)NC(=O)c1cccc(OC)c1OC. The van der Waals surface area contributed by atoms with Crippen LogP contribution < -0.4 is 29.6 Å². The van der Waals surface area contributed by atoms with E-state index in [1.165, 1.54) is 35.5 Å². The quantitative estimate of drug-likeness (QED) is 0.326. The first-order chi connectivity index (χ1) is 16.9. The summed E-state index contributed by atoms with van der Waals surface area (Å²) in [7, 11) is 7.13. The minimum Gasteiger partial charge on any atom is -0.493 e. The second kappa shape index (κ2) is 13.7. The predicted molar refractivity (Wildman–Crippen MR) is 129 cm³/mol. The summed E-state index contributed by atoms with van der Waals surface area (Å²) in [5.74, 6) is 0.131. The molecule has 2 amide bonds. The molecule has 0 saturated heterocycles. The molecule has 190 valence electrons. The molecule has 0 radical (unpaired) electrons. The Bertz CT molecular complexity index is 1020. The molecule has 2 rings (SSSR count). The highest BCUT2D eigenvalue weighted by Crippen LogP contribution is 2.31. The summed E-state index contributed by atoms with van der Waals surface area (Å²) in [4.78, 5) is 37.7. The van der Waals surface area contributed by atoms with E-state index in [0.717, 1.165) is 0 Å². The standard InChI is InChI=1S/C25H32N2O8/c1-31-19-13-8-10-16(21(19)33-3)23(28)26-15-7-6-12-18(25(30)35-5)27-24(29)17-11-9-14-20(32-2)22(17)34-4/h8-11,13-14,18H,6-7,12,15H2,1-5H3,(H,26,28)(H,27,29)/t18-/m0/s1. The number of carbonyl (C=O) groups excluding carboxylic acids is 3. The fraction of sp³-hybridized carbons (Fsp3) is 0.400. The van der Waals surface area contributed by atoms with E-state index in [-0.39, 0.29) is 17.2 Å². The molecule has 0 aliphatic carbocycles. The van der Waals surface area contributed by atoms with Crippen molar-refractivity contribution >= 4 is 17.8 Å². The van der Waals surface area contributed by atoms with Crippen molar-refractivity contribution in [2.24, 2.45) is 0 Å². The topological polar surface area (TPSA) is 121 Å². The Morgan fingerprint density at radius 1 is 0.743 bits per heavy atom. The molecular weight excluding hydrogens is 456 g/mol. The number of esters is 1. The van der Waals surface area contributed by atoms with Crippen molar-refractivity contribution in [1.82, 2.24) is 10.6 Å². The highest BCUT2D eigenvalue weighted by molar-refractivity contribution is 6.00. The number of carbonyl (C=O) groups is 3. The van der Waals surface area contributed by atoms with Crippen LogP contribution in [0.5, 0.6) is 23.0 Å². The smallest absolute Gasteiger partial charge is 0.328 e. The number of hydrogen-bond acceptors (Lipinski definition) is 8. The highest BCUT2D eigenvalue weighted by Gasteiger charge is 2.24. The molecule has 0 spiro atoms. The Morgan fingerprint density at radius 3 is 1.77 bits per heavy atom. The van der Waals surface area contributed by atoms with Gasteiger partial charge in [0.1, 0.15) is 6.04 Å². The first kappa shape index (κ1) is 27.3. The fourth-order valence-electron chi connectivity index (χ4n) is 3.53. The first-order valence-electron chi connectivity index (χ1n) is 11.0. The number of hydrogen-bond donors (Lipinski definition) is 2. The molecule has 2 aromatic rings. The maximum atomic E-state index is 12.8. The summed E-state index contributed by atoms with van der Waals surface area (Å²) in [6.07, 6.45) is 1.44. The van der Waals surface area contributed by atoms with E-state index in [1.807, 2.05) is 0 Å². The average Bonchev–Trinajstić information content (AvgIpc) is 2.90. The van der Waals surface area contributed by atoms with Gasteiger partial charge in [-0.1, -0.05) is 12.1 Å². The van der Waals surface area contributed by atoms with Gasteiger partial charge in [-0.15, -0.1) is 0 Å². The van der Waals surface area contributed by atoms with Gasteiger partial charge < -0.3 is 34.3 Å². The average molecular weight is 489 g/mol. The van der Waals surface area contributed by atoms with Gasteiger partial charge in [0.25, 0.3) is 11.8 Å². The second-order valence-corrected chi connectivity index (χ2v) is 7.38. The highest BCUT2D eigenvalue weighted by atomic mass is 16.5. The van der Waals surface area contributed by atoms with E-state index in [9.17, 15) is 14.4 Å². The van der Waals surface area contributed by atoms with Crippen LogP contribution in [-0.4, -0.2) is 65.9 Å². The van der Waals surface area contributed by atoms with Crippen LogP contribution in [0.1, 0.15) is 40.0 Å². The molecule has 10 heteroatoms. The van der Waals surface area contributed by atoms with Gasteiger partial charge in [-0.05, 0) is 43.5 Å². The zero-order valence-electron chi connectivity index (χ0n) is 20.6. The van der Waals surface area contributed by atoms with E-state index in [4.69, 9.17) is 23.7 Å². The van der Waals surface area contributed by atoms with Crippen molar-refractivity contribution in [3.8, 4) is 23.0 Å². The number of para-hydroxylation sites is 2. The van der Waals surface area contributed by atoms with Crippen LogP contribution in [-0.2, 0) is 9.53 Å². The summed E-state index contributed by atoms with van der Waals surface area (Å²) in [6.45, 7) is 0.366. The van der Waals surface area contributed by atoms with Crippen LogP contribution in [0.2, 0.25) is 0 Å². The molecule has 1 atom stereocenters. The minimum atomic E-state index is -0.863. The molecule has 0 heterocycles. The number of rotatable bonds is 13. The lowest BCUT2D eigenvalue weighted by molar-refractivity contribution is -0.143. The van der Waals surface area contributed by atoms with Gasteiger partial charge in [0.15, 0.2) is 23.0 Å². The van der Waals surface area contributed by atoms with Crippen molar-refractivity contribution in [2.75, 3.05) is 42.1 Å². The summed E-state index contributed by atoms with van der Waals surface area (Å²) in [5.41, 5.74) is 0.596. The summed E-state index contributed by atoms with van der Waals surface area (Å²) in [5, 5.41) is 5.52. The first-order valence-corrected chi connectivity index (χ1v) is 11.0. The number of methoxy groups -OCH3 is 5. The van der Waals surface area contributed by atoms with Crippen LogP contribution in [0.3, 0.4) is 0 Å². The van der Waals surface area contributed by atoms with Crippen LogP contribution in [0.4, 0.5) is 0 Å². The third-order valence-corrected chi connectivity index (χ3v) is 5.29. The van der Waals surface area contributed by atoms with Gasteiger partial charge in [-0.2, -0.15) is 0 Å². The van der Waals surface area contributed by atoms with Gasteiger partial charge in [0, 0.05) is 6.54 Å². The second-order valence-electron chi connectivity index (χ2n) is 7.38. The Kier molecular flexibility index (Phi) is 10.7. The van der Waals surface area contributed by atoms with Crippen LogP contribution in [0.15, 0.2) is 36.4 Å². The lowest BCUT2D eigenvalue weighted by atomic mass is 10.1. The van der Waals surface area contributed by atoms with Gasteiger partial charge in [-0.3, -0.25) is 9.59 Å². The van der Waals surface area contributed by atoms with Gasteiger partial charge >= 0.3 is 5.97 Å². The van der Waals surface area contributed by atoms with E-state index in [1.54, 1.807) is 36.4 Å². The molecule has 0 bridgehead atoms. The van der Waals surface area contributed by atoms with E-state index < -0.39 is 17.9 Å². The van der Waals surface area contributed by atoms with Crippen molar-refractivity contribution in [2.45, 2.75) is 25.3 Å². The lowest BCUT2D eigenvalue weighted by Gasteiger charge is -2.18. The number of benzene rings is 2. The van der Waals surface area contributed by atoms with Gasteiger partial charge in [0.05, 0.1) is 46.7 Å². The molecule has 0 unspecified atom stereocenters. The van der Waals surface area contributed by atoms with Crippen LogP contribution >= 0.6 is 0 Å². The molecule has 0 aliphatic heterocycles. The molecule has 2 aromatic carbocycles. The summed E-state index contributed by atoms with van der Waals surface area (Å²) in [6, 6.07) is 9.10. The molecule has 0 aliphatic rings. The molecule has 0 fully saturated rings. The van der Waals surface area contributed by atoms with E-state index in [2.05, 4.69) is 10.6 Å². The predicted octanol–water partition coefficient (Wildman–Crippen LogP) is 2.59. The van der Waals surface area contributed by atoms with Crippen molar-refractivity contribution in [1.29, 1.82) is 0 Å². The third-order valence-electron chi connectivity index (χ3n) is 5.29. The largest absolute Gasteiger partial charge is 0.493 e. The van der Waals surface area contributed by atoms with Gasteiger partial charge in [0.2, 0.25) is 0 Å². The molecule has 0 saturated carbocycles. The van der Waals surface area contributed by atoms with Gasteiger partial charge in [-0.25, -0.2) is 4.79 Å². The number of amides is 2. The Hall–Kier alpha value is -3.95. The normalized spacial score (nSPS) is 11.1. The Balaban J connectivity index is 1.94. The monoisotopic (exact) mass is 488 g/mol. The molecule has 2 N–H and O–H groups in total. The van der Waals surface area contributed by atoms with Crippen LogP contribution in [0, 0.1) is 0 Å². The zero-order valence-corrected chi connectivity index (χ0v) is 20.6. The number of unbranched alkanes of at least 4 members (excludes halogenated alkanes) is 1. The third kappa shape index (κ3) is 7.02.